The van der Waals surface area contributed by atoms with Crippen LogP contribution < -0.4 is 10.0 Å². The Hall–Kier alpha value is -1.13. The van der Waals surface area contributed by atoms with E-state index in [1.165, 1.54) is 17.1 Å². The van der Waals surface area contributed by atoms with Crippen LogP contribution in [0.4, 0.5) is 13.2 Å². The van der Waals surface area contributed by atoms with E-state index >= 15 is 0 Å². The molecular weight excluding hydrogens is 309 g/mol. The van der Waals surface area contributed by atoms with Crippen LogP contribution in [0.1, 0.15) is 19.8 Å². The van der Waals surface area contributed by atoms with E-state index in [1.807, 2.05) is 6.92 Å². The lowest BCUT2D eigenvalue weighted by atomic mass is 10.3. The molecule has 1 rings (SSSR count). The number of halogens is 3. The largest absolute Gasteiger partial charge is 0.389 e. The highest BCUT2D eigenvalue weighted by atomic mass is 32.2. The predicted molar refractivity (Wildman–Crippen MR) is 71.2 cm³/mol. The Balaban J connectivity index is 2.47. The Morgan fingerprint density at radius 2 is 2.05 bits per heavy atom. The molecule has 0 aliphatic heterocycles. The Kier molecular flexibility index (Phi) is 6.62. The highest BCUT2D eigenvalue weighted by molar-refractivity contribution is 7.89. The molecule has 0 radical (unpaired) electrons. The van der Waals surface area contributed by atoms with Gasteiger partial charge < -0.3 is 5.32 Å². The first-order chi connectivity index (χ1) is 9.74. The van der Waals surface area contributed by atoms with Gasteiger partial charge in [0.25, 0.3) is 0 Å². The normalized spacial score (nSPS) is 12.8. The third-order valence-corrected chi connectivity index (χ3v) is 4.03. The van der Waals surface area contributed by atoms with Crippen LogP contribution in [0.5, 0.6) is 0 Å². The molecule has 0 atom stereocenters. The van der Waals surface area contributed by atoms with Gasteiger partial charge in [0, 0.05) is 25.7 Å². The fourth-order valence-electron chi connectivity index (χ4n) is 1.55. The fourth-order valence-corrected chi connectivity index (χ4v) is 2.58. The van der Waals surface area contributed by atoms with Gasteiger partial charge in [0.05, 0.1) is 12.7 Å². The molecule has 122 valence electrons. The molecule has 10 heteroatoms. The smallest absolute Gasteiger partial charge is 0.315 e. The fraction of sp³-hybridized carbons (Fsp3) is 0.727. The molecule has 0 saturated carbocycles. The van der Waals surface area contributed by atoms with E-state index in [2.05, 4.69) is 15.1 Å². The molecule has 0 amide bonds. The maximum absolute atomic E-state index is 12.0. The van der Waals surface area contributed by atoms with Crippen LogP contribution in [0.25, 0.3) is 0 Å². The molecule has 0 saturated heterocycles. The summed E-state index contributed by atoms with van der Waals surface area (Å²) in [4.78, 5) is -0.0500. The molecule has 6 nitrogen and oxygen atoms in total. The number of rotatable bonds is 9. The first-order valence-electron chi connectivity index (χ1n) is 6.54. The summed E-state index contributed by atoms with van der Waals surface area (Å²) in [5.74, 6) is 0. The van der Waals surface area contributed by atoms with E-state index < -0.39 is 22.6 Å². The Labute approximate surface area is 121 Å². The van der Waals surface area contributed by atoms with Crippen LogP contribution in [0, 0.1) is 0 Å². The molecule has 0 aromatic carbocycles. The van der Waals surface area contributed by atoms with Gasteiger partial charge in [-0.1, -0.05) is 6.92 Å². The Morgan fingerprint density at radius 3 is 2.67 bits per heavy atom. The number of hydrogen-bond acceptors (Lipinski definition) is 4. The van der Waals surface area contributed by atoms with Crippen LogP contribution >= 0.6 is 0 Å². The number of alkyl halides is 3. The molecule has 1 heterocycles. The zero-order valence-corrected chi connectivity index (χ0v) is 12.5. The minimum absolute atomic E-state index is 0.0500. The number of nitrogens with one attached hydrogen (secondary N) is 2. The van der Waals surface area contributed by atoms with Crippen molar-refractivity contribution in [2.24, 2.45) is 0 Å². The second-order valence-corrected chi connectivity index (χ2v) is 6.18. The highest BCUT2D eigenvalue weighted by Crippen LogP contribution is 2.20. The highest BCUT2D eigenvalue weighted by Gasteiger charge is 2.26. The number of aromatic nitrogens is 2. The van der Waals surface area contributed by atoms with Crippen molar-refractivity contribution >= 4 is 10.0 Å². The third kappa shape index (κ3) is 6.91. The van der Waals surface area contributed by atoms with Crippen LogP contribution in [0.2, 0.25) is 0 Å². The van der Waals surface area contributed by atoms with Crippen molar-refractivity contribution in [3.8, 4) is 0 Å². The number of likely N-dealkylation sites (N-methyl/N-ethyl adjacent to an activating group) is 1. The van der Waals surface area contributed by atoms with Gasteiger partial charge in [-0.25, -0.2) is 13.1 Å². The summed E-state index contributed by atoms with van der Waals surface area (Å²) in [7, 11) is -3.81. The first kappa shape index (κ1) is 17.9. The monoisotopic (exact) mass is 328 g/mol. The van der Waals surface area contributed by atoms with Gasteiger partial charge in [-0.05, 0) is 13.0 Å². The zero-order chi connectivity index (χ0) is 15.9. The molecule has 0 bridgehead atoms. The third-order valence-electron chi connectivity index (χ3n) is 2.62. The van der Waals surface area contributed by atoms with E-state index in [9.17, 15) is 21.6 Å². The quantitative estimate of drug-likeness (QED) is 0.666. The van der Waals surface area contributed by atoms with Crippen molar-refractivity contribution in [2.75, 3.05) is 19.6 Å². The lowest BCUT2D eigenvalue weighted by Crippen LogP contribution is -2.25. The van der Waals surface area contributed by atoms with Crippen LogP contribution in [0.15, 0.2) is 17.3 Å². The molecule has 1 aromatic rings. The van der Waals surface area contributed by atoms with Crippen molar-refractivity contribution in [1.29, 1.82) is 0 Å². The van der Waals surface area contributed by atoms with Gasteiger partial charge in [0.1, 0.15) is 4.90 Å². The molecular formula is C11H19F3N4O2S. The van der Waals surface area contributed by atoms with Gasteiger partial charge in [-0.2, -0.15) is 18.3 Å². The van der Waals surface area contributed by atoms with E-state index in [0.29, 0.717) is 13.1 Å². The molecule has 0 aliphatic rings. The van der Waals surface area contributed by atoms with Crippen molar-refractivity contribution in [3.05, 3.63) is 12.4 Å². The van der Waals surface area contributed by atoms with Crippen LogP contribution in [-0.4, -0.2) is 44.0 Å². The van der Waals surface area contributed by atoms with Gasteiger partial charge in [0.2, 0.25) is 10.0 Å². The number of nitrogens with zero attached hydrogens (tertiary/aromatic N) is 2. The topological polar surface area (TPSA) is 76.0 Å². The van der Waals surface area contributed by atoms with Crippen molar-refractivity contribution in [2.45, 2.75) is 37.4 Å². The van der Waals surface area contributed by atoms with Gasteiger partial charge in [0.15, 0.2) is 0 Å². The van der Waals surface area contributed by atoms with E-state index in [4.69, 9.17) is 0 Å². The van der Waals surface area contributed by atoms with Crippen molar-refractivity contribution < 1.29 is 21.6 Å². The van der Waals surface area contributed by atoms with Crippen molar-refractivity contribution in [3.63, 3.8) is 0 Å². The van der Waals surface area contributed by atoms with E-state index in [-0.39, 0.29) is 17.9 Å². The Bertz CT molecular complexity index is 528. The maximum atomic E-state index is 12.0. The second kappa shape index (κ2) is 7.76. The number of sulfonamides is 1. The molecule has 1 aromatic heterocycles. The zero-order valence-electron chi connectivity index (χ0n) is 11.7. The molecule has 0 unspecified atom stereocenters. The summed E-state index contributed by atoms with van der Waals surface area (Å²) >= 11 is 0. The number of hydrogen-bond donors (Lipinski definition) is 2. The summed E-state index contributed by atoms with van der Waals surface area (Å²) in [5, 5.41) is 6.97. The van der Waals surface area contributed by atoms with Gasteiger partial charge in [-0.3, -0.25) is 4.68 Å². The maximum Gasteiger partial charge on any atom is 0.389 e. The average molecular weight is 328 g/mol. The molecule has 21 heavy (non-hydrogen) atoms. The van der Waals surface area contributed by atoms with E-state index in [0.717, 1.165) is 6.54 Å². The Morgan fingerprint density at radius 1 is 1.33 bits per heavy atom. The minimum atomic E-state index is -4.28. The predicted octanol–water partition coefficient (Wildman–Crippen LogP) is 1.11. The summed E-state index contributed by atoms with van der Waals surface area (Å²) in [6.45, 7) is 3.65. The molecule has 0 spiro atoms. The van der Waals surface area contributed by atoms with Crippen molar-refractivity contribution in [1.82, 2.24) is 19.8 Å². The SMILES string of the molecule is CCNCCn1cc(S(=O)(=O)NCCCC(F)(F)F)cn1. The molecule has 0 fully saturated rings. The lowest BCUT2D eigenvalue weighted by Gasteiger charge is -2.07. The summed E-state index contributed by atoms with van der Waals surface area (Å²) in [5.41, 5.74) is 0. The molecule has 0 aliphatic carbocycles. The minimum Gasteiger partial charge on any atom is -0.315 e. The second-order valence-electron chi connectivity index (χ2n) is 4.41. The van der Waals surface area contributed by atoms with Crippen LogP contribution in [0.3, 0.4) is 0 Å². The standard InChI is InChI=1S/C11H19F3N4O2S/c1-2-15-6-7-18-9-10(8-16-18)21(19,20)17-5-3-4-11(12,13)14/h8-9,15,17H,2-7H2,1H3. The summed E-state index contributed by atoms with van der Waals surface area (Å²) in [6, 6.07) is 0. The lowest BCUT2D eigenvalue weighted by molar-refractivity contribution is -0.135. The van der Waals surface area contributed by atoms with E-state index in [1.54, 1.807) is 0 Å². The summed E-state index contributed by atoms with van der Waals surface area (Å²) in [6.07, 6.45) is -3.06. The average Bonchev–Trinajstić information content (AvgIpc) is 2.84. The summed E-state index contributed by atoms with van der Waals surface area (Å²) < 4.78 is 63.1. The van der Waals surface area contributed by atoms with Gasteiger partial charge in [-0.15, -0.1) is 0 Å². The first-order valence-corrected chi connectivity index (χ1v) is 8.02. The van der Waals surface area contributed by atoms with Crippen LogP contribution in [-0.2, 0) is 16.6 Å². The molecule has 2 N–H and O–H groups in total. The van der Waals surface area contributed by atoms with Gasteiger partial charge >= 0.3 is 6.18 Å².